The molecule has 1 aromatic rings. The average molecular weight is 248 g/mol. The Bertz CT molecular complexity index is 467. The summed E-state index contributed by atoms with van der Waals surface area (Å²) in [6.07, 6.45) is 0.627. The van der Waals surface area contributed by atoms with Crippen molar-refractivity contribution in [3.05, 3.63) is 35.1 Å². The Hall–Kier alpha value is -1.44. The van der Waals surface area contributed by atoms with Crippen molar-refractivity contribution in [3.63, 3.8) is 0 Å². The first-order chi connectivity index (χ1) is 8.60. The third kappa shape index (κ3) is 2.87. The molecule has 1 aliphatic rings. The van der Waals surface area contributed by atoms with Crippen molar-refractivity contribution < 1.29 is 9.50 Å². The van der Waals surface area contributed by atoms with Gasteiger partial charge in [-0.15, -0.1) is 0 Å². The van der Waals surface area contributed by atoms with Gasteiger partial charge in [0.1, 0.15) is 5.82 Å². The standard InChI is InChI=1S/C14H17FN2O/c1-10(18)12-4-5-17(8-12)9-13-6-11(7-16)2-3-14(13)15/h2-3,6,10,12,18H,4-5,8-9H2,1H3. The third-order valence-electron chi connectivity index (χ3n) is 3.56. The molecule has 1 fully saturated rings. The SMILES string of the molecule is CC(O)C1CCN(Cc2cc(C#N)ccc2F)C1. The van der Waals surface area contributed by atoms with Gasteiger partial charge in [-0.2, -0.15) is 5.26 Å². The molecule has 0 amide bonds. The van der Waals surface area contributed by atoms with E-state index >= 15 is 0 Å². The number of aliphatic hydroxyl groups is 1. The molecule has 0 aliphatic carbocycles. The maximum atomic E-state index is 13.6. The van der Waals surface area contributed by atoms with Crippen molar-refractivity contribution in [3.8, 4) is 6.07 Å². The second kappa shape index (κ2) is 5.47. The van der Waals surface area contributed by atoms with Gasteiger partial charge in [-0.25, -0.2) is 4.39 Å². The monoisotopic (exact) mass is 248 g/mol. The van der Waals surface area contributed by atoms with Crippen LogP contribution in [0.25, 0.3) is 0 Å². The maximum absolute atomic E-state index is 13.6. The molecule has 0 saturated carbocycles. The third-order valence-corrected chi connectivity index (χ3v) is 3.56. The van der Waals surface area contributed by atoms with E-state index in [1.165, 1.54) is 12.1 Å². The highest BCUT2D eigenvalue weighted by molar-refractivity contribution is 5.33. The first-order valence-electron chi connectivity index (χ1n) is 6.19. The molecule has 1 heterocycles. The number of nitrogens with zero attached hydrogens (tertiary/aromatic N) is 2. The molecule has 0 bridgehead atoms. The van der Waals surface area contributed by atoms with Gasteiger partial charge in [-0.1, -0.05) is 0 Å². The number of rotatable bonds is 3. The van der Waals surface area contributed by atoms with Gasteiger partial charge < -0.3 is 5.11 Å². The van der Waals surface area contributed by atoms with E-state index in [0.29, 0.717) is 17.7 Å². The number of benzene rings is 1. The fraction of sp³-hybridized carbons (Fsp3) is 0.500. The first kappa shape index (κ1) is 13.0. The minimum absolute atomic E-state index is 0.269. The highest BCUT2D eigenvalue weighted by atomic mass is 19.1. The largest absolute Gasteiger partial charge is 0.393 e. The second-order valence-electron chi connectivity index (χ2n) is 4.94. The van der Waals surface area contributed by atoms with Crippen LogP contribution in [0, 0.1) is 23.1 Å². The van der Waals surface area contributed by atoms with Crippen LogP contribution in [0.15, 0.2) is 18.2 Å². The van der Waals surface area contributed by atoms with Crippen LogP contribution in [0.3, 0.4) is 0 Å². The number of hydrogen-bond acceptors (Lipinski definition) is 3. The molecule has 2 rings (SSSR count). The predicted molar refractivity (Wildman–Crippen MR) is 66.2 cm³/mol. The lowest BCUT2D eigenvalue weighted by Crippen LogP contribution is -2.24. The zero-order valence-electron chi connectivity index (χ0n) is 10.4. The van der Waals surface area contributed by atoms with Gasteiger partial charge in [0.25, 0.3) is 0 Å². The molecule has 3 nitrogen and oxygen atoms in total. The van der Waals surface area contributed by atoms with Crippen molar-refractivity contribution in [1.82, 2.24) is 4.90 Å². The number of nitriles is 1. The quantitative estimate of drug-likeness (QED) is 0.888. The predicted octanol–water partition coefficient (Wildman–Crippen LogP) is 1.90. The van der Waals surface area contributed by atoms with Crippen LogP contribution >= 0.6 is 0 Å². The van der Waals surface area contributed by atoms with Gasteiger partial charge in [-0.05, 0) is 44.0 Å². The lowest BCUT2D eigenvalue weighted by atomic mass is 10.0. The van der Waals surface area contributed by atoms with Crippen molar-refractivity contribution in [2.75, 3.05) is 13.1 Å². The summed E-state index contributed by atoms with van der Waals surface area (Å²) in [5.41, 5.74) is 1.04. The summed E-state index contributed by atoms with van der Waals surface area (Å²) in [7, 11) is 0. The summed E-state index contributed by atoms with van der Waals surface area (Å²) < 4.78 is 13.6. The summed E-state index contributed by atoms with van der Waals surface area (Å²) in [6.45, 7) is 3.95. The van der Waals surface area contributed by atoms with Gasteiger partial charge >= 0.3 is 0 Å². The smallest absolute Gasteiger partial charge is 0.127 e. The van der Waals surface area contributed by atoms with Gasteiger partial charge in [0, 0.05) is 18.7 Å². The van der Waals surface area contributed by atoms with Crippen molar-refractivity contribution in [2.24, 2.45) is 5.92 Å². The molecule has 1 aromatic carbocycles. The molecule has 1 aliphatic heterocycles. The molecule has 0 aromatic heterocycles. The molecule has 0 spiro atoms. The van der Waals surface area contributed by atoms with Gasteiger partial charge in [0.2, 0.25) is 0 Å². The minimum atomic E-state index is -0.315. The topological polar surface area (TPSA) is 47.3 Å². The van der Waals surface area contributed by atoms with Crippen molar-refractivity contribution in [2.45, 2.75) is 26.0 Å². The summed E-state index contributed by atoms with van der Waals surface area (Å²) in [6, 6.07) is 6.45. The Labute approximate surface area is 106 Å². The minimum Gasteiger partial charge on any atom is -0.393 e. The first-order valence-corrected chi connectivity index (χ1v) is 6.19. The van der Waals surface area contributed by atoms with E-state index in [9.17, 15) is 9.50 Å². The van der Waals surface area contributed by atoms with Gasteiger partial charge in [-0.3, -0.25) is 4.90 Å². The summed E-state index contributed by atoms with van der Waals surface area (Å²) >= 11 is 0. The molecule has 2 unspecified atom stereocenters. The molecule has 2 atom stereocenters. The van der Waals surface area contributed by atoms with Crippen LogP contribution in [-0.4, -0.2) is 29.2 Å². The van der Waals surface area contributed by atoms with E-state index in [0.717, 1.165) is 19.5 Å². The van der Waals surface area contributed by atoms with Crippen LogP contribution in [0.1, 0.15) is 24.5 Å². The van der Waals surface area contributed by atoms with E-state index in [1.54, 1.807) is 13.0 Å². The van der Waals surface area contributed by atoms with Crippen molar-refractivity contribution in [1.29, 1.82) is 5.26 Å². The van der Waals surface area contributed by atoms with Crippen LogP contribution in [0.4, 0.5) is 4.39 Å². The van der Waals surface area contributed by atoms with E-state index < -0.39 is 0 Å². The lowest BCUT2D eigenvalue weighted by Gasteiger charge is -2.17. The molecular formula is C14H17FN2O. The van der Waals surface area contributed by atoms with Crippen LogP contribution in [0.5, 0.6) is 0 Å². The van der Waals surface area contributed by atoms with Gasteiger partial charge in [0.15, 0.2) is 0 Å². The average Bonchev–Trinajstić information content (AvgIpc) is 2.81. The molecule has 96 valence electrons. The Morgan fingerprint density at radius 1 is 1.61 bits per heavy atom. The van der Waals surface area contributed by atoms with E-state index in [-0.39, 0.29) is 17.8 Å². The Balaban J connectivity index is 2.04. The normalized spacial score (nSPS) is 21.8. The number of halogens is 1. The van der Waals surface area contributed by atoms with Crippen LogP contribution in [-0.2, 0) is 6.54 Å². The van der Waals surface area contributed by atoms with E-state index in [4.69, 9.17) is 5.26 Å². The molecule has 0 radical (unpaired) electrons. The summed E-state index contributed by atoms with van der Waals surface area (Å²) in [5, 5.41) is 18.3. The highest BCUT2D eigenvalue weighted by Gasteiger charge is 2.26. The maximum Gasteiger partial charge on any atom is 0.127 e. The molecule has 4 heteroatoms. The summed E-state index contributed by atoms with van der Waals surface area (Å²) in [5.74, 6) is 0.00158. The number of likely N-dealkylation sites (tertiary alicyclic amines) is 1. The molecule has 1 N–H and O–H groups in total. The van der Waals surface area contributed by atoms with Crippen LogP contribution < -0.4 is 0 Å². The van der Waals surface area contributed by atoms with E-state index in [1.807, 2.05) is 6.07 Å². The van der Waals surface area contributed by atoms with Crippen LogP contribution in [0.2, 0.25) is 0 Å². The Morgan fingerprint density at radius 2 is 2.39 bits per heavy atom. The molecule has 18 heavy (non-hydrogen) atoms. The van der Waals surface area contributed by atoms with Crippen molar-refractivity contribution >= 4 is 0 Å². The second-order valence-corrected chi connectivity index (χ2v) is 4.94. The fourth-order valence-electron chi connectivity index (χ4n) is 2.41. The number of hydrogen-bond donors (Lipinski definition) is 1. The zero-order valence-corrected chi connectivity index (χ0v) is 10.4. The highest BCUT2D eigenvalue weighted by Crippen LogP contribution is 2.22. The zero-order chi connectivity index (χ0) is 13.1. The summed E-state index contributed by atoms with van der Waals surface area (Å²) in [4.78, 5) is 2.12. The van der Waals surface area contributed by atoms with Gasteiger partial charge in [0.05, 0.1) is 17.7 Å². The Morgan fingerprint density at radius 3 is 3.00 bits per heavy atom. The fourth-order valence-corrected chi connectivity index (χ4v) is 2.41. The van der Waals surface area contributed by atoms with E-state index in [2.05, 4.69) is 4.90 Å². The molecular weight excluding hydrogens is 231 g/mol. The Kier molecular flexibility index (Phi) is 3.95. The number of aliphatic hydroxyl groups excluding tert-OH is 1. The molecule has 1 saturated heterocycles. The lowest BCUT2D eigenvalue weighted by molar-refractivity contribution is 0.127.